The first-order valence-corrected chi connectivity index (χ1v) is 5.04. The van der Waals surface area contributed by atoms with Crippen LogP contribution in [0, 0.1) is 5.92 Å². The van der Waals surface area contributed by atoms with Crippen LogP contribution in [0.5, 0.6) is 0 Å². The molecule has 0 fully saturated rings. The van der Waals surface area contributed by atoms with Crippen molar-refractivity contribution in [1.82, 2.24) is 5.32 Å². The summed E-state index contributed by atoms with van der Waals surface area (Å²) in [5, 5.41) is 3.44. The van der Waals surface area contributed by atoms with E-state index in [1.807, 2.05) is 0 Å². The summed E-state index contributed by atoms with van der Waals surface area (Å²) in [6, 6.07) is 0. The van der Waals surface area contributed by atoms with Gasteiger partial charge in [-0.3, -0.25) is 0 Å². The maximum Gasteiger partial charge on any atom is 0.0137 e. The lowest BCUT2D eigenvalue weighted by Gasteiger charge is -2.11. The van der Waals surface area contributed by atoms with Crippen LogP contribution in [0.3, 0.4) is 0 Å². The van der Waals surface area contributed by atoms with Crippen LogP contribution in [0.15, 0.2) is 11.6 Å². The van der Waals surface area contributed by atoms with E-state index in [0.717, 1.165) is 19.0 Å². The van der Waals surface area contributed by atoms with Crippen LogP contribution in [0.2, 0.25) is 0 Å². The topological polar surface area (TPSA) is 12.0 Å². The van der Waals surface area contributed by atoms with Crippen molar-refractivity contribution in [1.29, 1.82) is 0 Å². The Bertz CT molecular complexity index is 119. The quantitative estimate of drug-likeness (QED) is 0.476. The predicted molar refractivity (Wildman–Crippen MR) is 56.4 cm³/mol. The number of hydrogen-bond acceptors (Lipinski definition) is 1. The van der Waals surface area contributed by atoms with Gasteiger partial charge in [-0.25, -0.2) is 0 Å². The van der Waals surface area contributed by atoms with Gasteiger partial charge in [0.15, 0.2) is 0 Å². The Morgan fingerprint density at radius 2 is 1.83 bits per heavy atom. The lowest BCUT2D eigenvalue weighted by molar-refractivity contribution is 0.461. The molecule has 0 bridgehead atoms. The van der Waals surface area contributed by atoms with E-state index >= 15 is 0 Å². The van der Waals surface area contributed by atoms with Crippen LogP contribution in [0.4, 0.5) is 0 Å². The standard InChI is InChI=1S/C11H23N/c1-5-11(6-2)9-12-8-7-10(3)4/h7,11-12H,5-6,8-9H2,1-4H3. The molecule has 1 heteroatoms. The minimum Gasteiger partial charge on any atom is -0.313 e. The first-order valence-electron chi connectivity index (χ1n) is 5.04. The highest BCUT2D eigenvalue weighted by atomic mass is 14.8. The van der Waals surface area contributed by atoms with Crippen molar-refractivity contribution in [3.05, 3.63) is 11.6 Å². The minimum atomic E-state index is 0.857. The third-order valence-corrected chi connectivity index (χ3v) is 2.24. The summed E-state index contributed by atoms with van der Waals surface area (Å²) in [5.41, 5.74) is 1.40. The predicted octanol–water partition coefficient (Wildman–Crippen LogP) is 2.98. The Labute approximate surface area is 77.2 Å². The lowest BCUT2D eigenvalue weighted by Crippen LogP contribution is -2.22. The van der Waals surface area contributed by atoms with E-state index in [1.54, 1.807) is 0 Å². The smallest absolute Gasteiger partial charge is 0.0137 e. The molecule has 1 N–H and O–H groups in total. The maximum absolute atomic E-state index is 3.44. The molecular weight excluding hydrogens is 146 g/mol. The SMILES string of the molecule is CCC(CC)CNCC=C(C)C. The molecule has 1 nitrogen and oxygen atoms in total. The van der Waals surface area contributed by atoms with Gasteiger partial charge in [0, 0.05) is 6.54 Å². The Morgan fingerprint density at radius 3 is 2.25 bits per heavy atom. The second-order valence-corrected chi connectivity index (χ2v) is 3.62. The molecule has 72 valence electrons. The van der Waals surface area contributed by atoms with Crippen LogP contribution in [0.1, 0.15) is 40.5 Å². The van der Waals surface area contributed by atoms with Crippen molar-refractivity contribution in [3.8, 4) is 0 Å². The second kappa shape index (κ2) is 7.35. The Morgan fingerprint density at radius 1 is 1.25 bits per heavy atom. The van der Waals surface area contributed by atoms with Gasteiger partial charge < -0.3 is 5.32 Å². The molecule has 0 saturated carbocycles. The minimum absolute atomic E-state index is 0.857. The number of rotatable bonds is 6. The lowest BCUT2D eigenvalue weighted by atomic mass is 10.0. The van der Waals surface area contributed by atoms with E-state index in [9.17, 15) is 0 Å². The fourth-order valence-corrected chi connectivity index (χ4v) is 1.14. The van der Waals surface area contributed by atoms with E-state index < -0.39 is 0 Å². The maximum atomic E-state index is 3.44. The molecule has 0 atom stereocenters. The van der Waals surface area contributed by atoms with Crippen LogP contribution in [-0.2, 0) is 0 Å². The van der Waals surface area contributed by atoms with Crippen LogP contribution in [0.25, 0.3) is 0 Å². The largest absolute Gasteiger partial charge is 0.313 e. The average molecular weight is 169 g/mol. The number of allylic oxidation sites excluding steroid dienone is 1. The van der Waals surface area contributed by atoms with E-state index in [-0.39, 0.29) is 0 Å². The molecule has 0 rings (SSSR count). The van der Waals surface area contributed by atoms with E-state index in [0.29, 0.717) is 0 Å². The van der Waals surface area contributed by atoms with Gasteiger partial charge in [-0.1, -0.05) is 38.3 Å². The highest BCUT2D eigenvalue weighted by Crippen LogP contribution is 2.04. The van der Waals surface area contributed by atoms with E-state index in [2.05, 4.69) is 39.1 Å². The molecule has 0 aliphatic carbocycles. The van der Waals surface area contributed by atoms with Crippen molar-refractivity contribution in [2.24, 2.45) is 5.92 Å². The third-order valence-electron chi connectivity index (χ3n) is 2.24. The summed E-state index contributed by atoms with van der Waals surface area (Å²) in [6.45, 7) is 11.0. The molecule has 0 saturated heterocycles. The third kappa shape index (κ3) is 6.41. The van der Waals surface area contributed by atoms with Crippen molar-refractivity contribution in [2.75, 3.05) is 13.1 Å². The number of hydrogen-bond donors (Lipinski definition) is 1. The average Bonchev–Trinajstić information content (AvgIpc) is 2.04. The van der Waals surface area contributed by atoms with Gasteiger partial charge >= 0.3 is 0 Å². The molecule has 0 amide bonds. The van der Waals surface area contributed by atoms with E-state index in [4.69, 9.17) is 0 Å². The summed E-state index contributed by atoms with van der Waals surface area (Å²) < 4.78 is 0. The normalized spacial score (nSPS) is 10.4. The molecule has 0 aromatic rings. The van der Waals surface area contributed by atoms with Gasteiger partial charge in [0.05, 0.1) is 0 Å². The van der Waals surface area contributed by atoms with Crippen molar-refractivity contribution < 1.29 is 0 Å². The summed E-state index contributed by atoms with van der Waals surface area (Å²) in [7, 11) is 0. The first kappa shape index (κ1) is 11.7. The molecule has 0 aliphatic heterocycles. The molecule has 0 aromatic carbocycles. The van der Waals surface area contributed by atoms with Crippen LogP contribution >= 0.6 is 0 Å². The second-order valence-electron chi connectivity index (χ2n) is 3.62. The van der Waals surface area contributed by atoms with Gasteiger partial charge in [0.1, 0.15) is 0 Å². The first-order chi connectivity index (χ1) is 5.70. The van der Waals surface area contributed by atoms with Crippen LogP contribution in [-0.4, -0.2) is 13.1 Å². The van der Waals surface area contributed by atoms with Gasteiger partial charge in [-0.05, 0) is 26.3 Å². The van der Waals surface area contributed by atoms with Crippen molar-refractivity contribution in [3.63, 3.8) is 0 Å². The molecule has 0 heterocycles. The molecule has 0 aromatic heterocycles. The molecule has 0 unspecified atom stereocenters. The Kier molecular flexibility index (Phi) is 7.17. The Hall–Kier alpha value is -0.300. The van der Waals surface area contributed by atoms with Gasteiger partial charge in [-0.15, -0.1) is 0 Å². The fraction of sp³-hybridized carbons (Fsp3) is 0.818. The highest BCUT2D eigenvalue weighted by molar-refractivity contribution is 4.94. The van der Waals surface area contributed by atoms with Crippen molar-refractivity contribution >= 4 is 0 Å². The summed E-state index contributed by atoms with van der Waals surface area (Å²) in [5.74, 6) is 0.857. The molecule has 0 radical (unpaired) electrons. The zero-order valence-electron chi connectivity index (χ0n) is 8.98. The number of nitrogens with one attached hydrogen (secondary N) is 1. The zero-order valence-corrected chi connectivity index (χ0v) is 8.98. The summed E-state index contributed by atoms with van der Waals surface area (Å²) >= 11 is 0. The molecule has 12 heavy (non-hydrogen) atoms. The Balaban J connectivity index is 3.35. The van der Waals surface area contributed by atoms with Gasteiger partial charge in [-0.2, -0.15) is 0 Å². The van der Waals surface area contributed by atoms with Crippen molar-refractivity contribution in [2.45, 2.75) is 40.5 Å². The van der Waals surface area contributed by atoms with Crippen LogP contribution < -0.4 is 5.32 Å². The summed E-state index contributed by atoms with van der Waals surface area (Å²) in [6.07, 6.45) is 4.82. The molecular formula is C11H23N. The monoisotopic (exact) mass is 169 g/mol. The van der Waals surface area contributed by atoms with E-state index in [1.165, 1.54) is 18.4 Å². The highest BCUT2D eigenvalue weighted by Gasteiger charge is 2.00. The fourth-order valence-electron chi connectivity index (χ4n) is 1.14. The zero-order chi connectivity index (χ0) is 9.40. The van der Waals surface area contributed by atoms with Gasteiger partial charge in [0.2, 0.25) is 0 Å². The molecule has 0 spiro atoms. The summed E-state index contributed by atoms with van der Waals surface area (Å²) in [4.78, 5) is 0. The molecule has 0 aliphatic rings. The van der Waals surface area contributed by atoms with Gasteiger partial charge in [0.25, 0.3) is 0 Å².